The first kappa shape index (κ1) is 12.6. The van der Waals surface area contributed by atoms with E-state index in [0.717, 1.165) is 17.1 Å². The second kappa shape index (κ2) is 6.17. The Hall–Kier alpha value is -0.490. The van der Waals surface area contributed by atoms with Crippen molar-refractivity contribution in [3.63, 3.8) is 0 Å². The zero-order chi connectivity index (χ0) is 11.3. The molecule has 0 aliphatic carbocycles. The Kier molecular flexibility index (Phi) is 5.17. The molecule has 0 aliphatic rings. The molecule has 0 spiro atoms. The molecular weight excluding hydrogens is 212 g/mol. The van der Waals surface area contributed by atoms with Crippen molar-refractivity contribution in [1.82, 2.24) is 10.3 Å². The molecule has 0 aromatic carbocycles. The highest BCUT2D eigenvalue weighted by Crippen LogP contribution is 2.13. The summed E-state index contributed by atoms with van der Waals surface area (Å²) in [5, 5.41) is 6.33. The van der Waals surface area contributed by atoms with Crippen molar-refractivity contribution < 1.29 is 9.47 Å². The molecule has 4 nitrogen and oxygen atoms in total. The van der Waals surface area contributed by atoms with Gasteiger partial charge in [-0.1, -0.05) is 0 Å². The van der Waals surface area contributed by atoms with Crippen LogP contribution in [0.2, 0.25) is 0 Å². The van der Waals surface area contributed by atoms with Crippen molar-refractivity contribution >= 4 is 11.3 Å². The maximum absolute atomic E-state index is 5.22. The zero-order valence-electron chi connectivity index (χ0n) is 9.61. The number of hydrogen-bond acceptors (Lipinski definition) is 5. The number of ether oxygens (including phenoxy) is 2. The van der Waals surface area contributed by atoms with E-state index in [1.165, 1.54) is 0 Å². The van der Waals surface area contributed by atoms with Crippen LogP contribution in [-0.4, -0.2) is 38.6 Å². The Labute approximate surface area is 94.6 Å². The minimum absolute atomic E-state index is 0.130. The van der Waals surface area contributed by atoms with Crippen LogP contribution in [0.5, 0.6) is 0 Å². The summed E-state index contributed by atoms with van der Waals surface area (Å²) in [6.07, 6.45) is 0.584. The summed E-state index contributed by atoms with van der Waals surface area (Å²) < 4.78 is 10.4. The lowest BCUT2D eigenvalue weighted by atomic mass is 10.2. The molecule has 1 aromatic heterocycles. The number of likely N-dealkylation sites (N-methyl/N-ethyl adjacent to an activating group) is 1. The van der Waals surface area contributed by atoms with Gasteiger partial charge in [-0.05, 0) is 14.0 Å². The maximum Gasteiger partial charge on any atom is 0.172 e. The lowest BCUT2D eigenvalue weighted by Crippen LogP contribution is -2.41. The van der Waals surface area contributed by atoms with Crippen molar-refractivity contribution in [2.45, 2.75) is 25.7 Å². The molecule has 1 N–H and O–H groups in total. The van der Waals surface area contributed by atoms with Gasteiger partial charge in [0.2, 0.25) is 0 Å². The summed E-state index contributed by atoms with van der Waals surface area (Å²) >= 11 is 1.67. The van der Waals surface area contributed by atoms with Crippen LogP contribution in [0.15, 0.2) is 5.38 Å². The third kappa shape index (κ3) is 3.53. The smallest absolute Gasteiger partial charge is 0.172 e. The second-order valence-corrected chi connectivity index (χ2v) is 4.26. The maximum atomic E-state index is 5.22. The Morgan fingerprint density at radius 2 is 2.13 bits per heavy atom. The summed E-state index contributed by atoms with van der Waals surface area (Å²) in [5.41, 5.74) is 1.07. The van der Waals surface area contributed by atoms with Gasteiger partial charge in [0, 0.05) is 31.7 Å². The molecule has 0 radical (unpaired) electrons. The first-order valence-corrected chi connectivity index (χ1v) is 5.73. The summed E-state index contributed by atoms with van der Waals surface area (Å²) in [6.45, 7) is 2.00. The van der Waals surface area contributed by atoms with Crippen molar-refractivity contribution in [2.75, 3.05) is 21.3 Å². The van der Waals surface area contributed by atoms with Crippen LogP contribution >= 0.6 is 11.3 Å². The van der Waals surface area contributed by atoms with E-state index in [0.29, 0.717) is 0 Å². The fourth-order valence-electron chi connectivity index (χ4n) is 1.44. The number of hydrogen-bond donors (Lipinski definition) is 1. The van der Waals surface area contributed by atoms with E-state index >= 15 is 0 Å². The number of aromatic nitrogens is 1. The predicted molar refractivity (Wildman–Crippen MR) is 61.2 cm³/mol. The number of methoxy groups -OCH3 is 2. The number of aryl methyl sites for hydroxylation is 1. The van der Waals surface area contributed by atoms with Crippen LogP contribution in [0, 0.1) is 6.92 Å². The zero-order valence-corrected chi connectivity index (χ0v) is 10.4. The van der Waals surface area contributed by atoms with Crippen LogP contribution in [0.3, 0.4) is 0 Å². The number of rotatable bonds is 6. The van der Waals surface area contributed by atoms with Crippen LogP contribution in [0.25, 0.3) is 0 Å². The fraction of sp³-hybridized carbons (Fsp3) is 0.700. The van der Waals surface area contributed by atoms with Crippen LogP contribution in [-0.2, 0) is 15.9 Å². The minimum atomic E-state index is -0.237. The van der Waals surface area contributed by atoms with Gasteiger partial charge in [-0.25, -0.2) is 4.98 Å². The molecule has 1 unspecified atom stereocenters. The van der Waals surface area contributed by atoms with E-state index in [4.69, 9.17) is 9.47 Å². The molecule has 0 saturated heterocycles. The van der Waals surface area contributed by atoms with E-state index < -0.39 is 0 Å². The van der Waals surface area contributed by atoms with E-state index in [9.17, 15) is 0 Å². The molecule has 0 bridgehead atoms. The van der Waals surface area contributed by atoms with Gasteiger partial charge in [0.1, 0.15) is 0 Å². The molecule has 0 fully saturated rings. The van der Waals surface area contributed by atoms with Gasteiger partial charge < -0.3 is 14.8 Å². The Balaban J connectivity index is 2.60. The van der Waals surface area contributed by atoms with Gasteiger partial charge in [-0.3, -0.25) is 0 Å². The predicted octanol–water partition coefficient (Wildman–Crippen LogP) is 1.20. The van der Waals surface area contributed by atoms with Gasteiger partial charge in [0.15, 0.2) is 6.29 Å². The molecule has 1 atom stereocenters. The van der Waals surface area contributed by atoms with E-state index in [-0.39, 0.29) is 12.3 Å². The molecule has 86 valence electrons. The summed E-state index contributed by atoms with van der Waals surface area (Å²) in [7, 11) is 5.19. The van der Waals surface area contributed by atoms with Crippen molar-refractivity contribution in [1.29, 1.82) is 0 Å². The van der Waals surface area contributed by atoms with E-state index in [2.05, 4.69) is 15.7 Å². The van der Waals surface area contributed by atoms with E-state index in [1.807, 2.05) is 14.0 Å². The Morgan fingerprint density at radius 3 is 2.53 bits per heavy atom. The number of nitrogens with one attached hydrogen (secondary N) is 1. The summed E-state index contributed by atoms with van der Waals surface area (Å²) in [5.74, 6) is 0. The number of nitrogens with zero attached hydrogens (tertiary/aromatic N) is 1. The Bertz CT molecular complexity index is 287. The highest BCUT2D eigenvalue weighted by molar-refractivity contribution is 7.09. The molecule has 0 amide bonds. The second-order valence-electron chi connectivity index (χ2n) is 3.32. The Morgan fingerprint density at radius 1 is 1.47 bits per heavy atom. The average molecular weight is 230 g/mol. The van der Waals surface area contributed by atoms with Gasteiger partial charge in [0.25, 0.3) is 0 Å². The average Bonchev–Trinajstić information content (AvgIpc) is 2.64. The summed E-state index contributed by atoms with van der Waals surface area (Å²) in [6, 6.07) is 0.130. The van der Waals surface area contributed by atoms with Crippen molar-refractivity contribution in [3.05, 3.63) is 16.1 Å². The largest absolute Gasteiger partial charge is 0.354 e. The molecule has 0 aliphatic heterocycles. The standard InChI is InChI=1S/C10H18N2O2S/c1-7-6-15-9(12-7)5-8(11-2)10(13-3)14-4/h6,8,10-11H,5H2,1-4H3. The normalized spacial score (nSPS) is 13.4. The minimum Gasteiger partial charge on any atom is -0.354 e. The van der Waals surface area contributed by atoms with Crippen LogP contribution < -0.4 is 5.32 Å². The lowest BCUT2D eigenvalue weighted by molar-refractivity contribution is -0.121. The van der Waals surface area contributed by atoms with Crippen molar-refractivity contribution in [3.8, 4) is 0 Å². The number of thiazole rings is 1. The molecule has 1 aromatic rings. The monoisotopic (exact) mass is 230 g/mol. The lowest BCUT2D eigenvalue weighted by Gasteiger charge is -2.23. The van der Waals surface area contributed by atoms with Crippen LogP contribution in [0.4, 0.5) is 0 Å². The quantitative estimate of drug-likeness (QED) is 0.746. The van der Waals surface area contributed by atoms with Gasteiger partial charge in [0.05, 0.1) is 11.0 Å². The highest BCUT2D eigenvalue weighted by Gasteiger charge is 2.20. The molecule has 1 heterocycles. The molecule has 1 rings (SSSR count). The topological polar surface area (TPSA) is 43.4 Å². The highest BCUT2D eigenvalue weighted by atomic mass is 32.1. The van der Waals surface area contributed by atoms with Crippen molar-refractivity contribution in [2.24, 2.45) is 0 Å². The molecular formula is C10H18N2O2S. The van der Waals surface area contributed by atoms with Crippen LogP contribution in [0.1, 0.15) is 10.7 Å². The molecule has 5 heteroatoms. The first-order chi connectivity index (χ1) is 7.21. The third-order valence-electron chi connectivity index (χ3n) is 2.23. The third-order valence-corrected chi connectivity index (χ3v) is 3.21. The van der Waals surface area contributed by atoms with Gasteiger partial charge in [-0.15, -0.1) is 11.3 Å². The fourth-order valence-corrected chi connectivity index (χ4v) is 2.28. The van der Waals surface area contributed by atoms with E-state index in [1.54, 1.807) is 25.6 Å². The van der Waals surface area contributed by atoms with Gasteiger partial charge >= 0.3 is 0 Å². The molecule has 0 saturated carbocycles. The SMILES string of the molecule is CNC(Cc1nc(C)cs1)C(OC)OC. The molecule has 15 heavy (non-hydrogen) atoms. The van der Waals surface area contributed by atoms with Gasteiger partial charge in [-0.2, -0.15) is 0 Å². The first-order valence-electron chi connectivity index (χ1n) is 4.85. The summed E-state index contributed by atoms with van der Waals surface area (Å²) in [4.78, 5) is 4.42.